The fourth-order valence-electron chi connectivity index (χ4n) is 1.98. The second-order valence-electron chi connectivity index (χ2n) is 3.74. The standard InChI is InChI=1S/C11H8F2N2O2/c12-6-3-7(13)11-5(1-2-16-11)10(6)8-4-9(14)17-15-8/h3-4H,1-2,14H2. The van der Waals surface area contributed by atoms with Crippen LogP contribution in [0.4, 0.5) is 14.7 Å². The molecular formula is C11H8F2N2O2. The molecule has 1 aliphatic heterocycles. The zero-order valence-corrected chi connectivity index (χ0v) is 8.67. The number of halogens is 2. The van der Waals surface area contributed by atoms with Gasteiger partial charge in [-0.1, -0.05) is 5.16 Å². The van der Waals surface area contributed by atoms with Crippen molar-refractivity contribution in [1.29, 1.82) is 0 Å². The summed E-state index contributed by atoms with van der Waals surface area (Å²) in [5.74, 6) is -1.23. The Labute approximate surface area is 95.0 Å². The molecule has 0 bridgehead atoms. The smallest absolute Gasteiger partial charge is 0.222 e. The minimum Gasteiger partial charge on any atom is -0.490 e. The largest absolute Gasteiger partial charge is 0.490 e. The minimum absolute atomic E-state index is 0.0800. The Bertz CT molecular complexity index is 595. The number of nitrogens with two attached hydrogens (primary N) is 1. The Morgan fingerprint density at radius 3 is 2.76 bits per heavy atom. The molecule has 0 spiro atoms. The molecule has 0 saturated heterocycles. The van der Waals surface area contributed by atoms with Gasteiger partial charge in [-0.15, -0.1) is 0 Å². The highest BCUT2D eigenvalue weighted by atomic mass is 19.1. The normalized spacial score (nSPS) is 13.5. The lowest BCUT2D eigenvalue weighted by Crippen LogP contribution is -1.94. The van der Waals surface area contributed by atoms with Crippen LogP contribution in [0, 0.1) is 11.6 Å². The van der Waals surface area contributed by atoms with Gasteiger partial charge >= 0.3 is 0 Å². The number of benzene rings is 1. The van der Waals surface area contributed by atoms with Crippen molar-refractivity contribution in [3.05, 3.63) is 29.3 Å². The summed E-state index contributed by atoms with van der Waals surface area (Å²) in [4.78, 5) is 0. The fourth-order valence-corrected chi connectivity index (χ4v) is 1.98. The molecule has 1 aromatic heterocycles. The van der Waals surface area contributed by atoms with Crippen LogP contribution in [0.15, 0.2) is 16.7 Å². The van der Waals surface area contributed by atoms with Crippen molar-refractivity contribution < 1.29 is 18.0 Å². The van der Waals surface area contributed by atoms with E-state index in [4.69, 9.17) is 15.0 Å². The summed E-state index contributed by atoms with van der Waals surface area (Å²) in [7, 11) is 0. The topological polar surface area (TPSA) is 61.3 Å². The third-order valence-corrected chi connectivity index (χ3v) is 2.67. The maximum Gasteiger partial charge on any atom is 0.222 e. The molecule has 1 aromatic carbocycles. The van der Waals surface area contributed by atoms with Crippen molar-refractivity contribution in [3.63, 3.8) is 0 Å². The molecule has 0 amide bonds. The van der Waals surface area contributed by atoms with Crippen LogP contribution in [0.2, 0.25) is 0 Å². The molecule has 0 radical (unpaired) electrons. The summed E-state index contributed by atoms with van der Waals surface area (Å²) in [5.41, 5.74) is 6.30. The van der Waals surface area contributed by atoms with Crippen LogP contribution in [0.3, 0.4) is 0 Å². The van der Waals surface area contributed by atoms with Crippen LogP contribution >= 0.6 is 0 Å². The second-order valence-corrected chi connectivity index (χ2v) is 3.74. The van der Waals surface area contributed by atoms with E-state index in [-0.39, 0.29) is 22.9 Å². The number of aromatic nitrogens is 1. The van der Waals surface area contributed by atoms with Crippen LogP contribution in [0.5, 0.6) is 5.75 Å². The summed E-state index contributed by atoms with van der Waals surface area (Å²) in [6.07, 6.45) is 0.437. The van der Waals surface area contributed by atoms with Gasteiger partial charge < -0.3 is 15.0 Å². The molecule has 0 unspecified atom stereocenters. The molecule has 4 nitrogen and oxygen atoms in total. The minimum atomic E-state index is -0.699. The van der Waals surface area contributed by atoms with Crippen molar-refractivity contribution >= 4 is 5.88 Å². The van der Waals surface area contributed by atoms with Gasteiger partial charge in [-0.05, 0) is 0 Å². The maximum atomic E-state index is 13.8. The Balaban J connectivity index is 2.26. The summed E-state index contributed by atoms with van der Waals surface area (Å²) in [5, 5.41) is 3.64. The molecule has 0 atom stereocenters. The molecular weight excluding hydrogens is 230 g/mol. The molecule has 2 heterocycles. The third-order valence-electron chi connectivity index (χ3n) is 2.67. The zero-order chi connectivity index (χ0) is 12.0. The Morgan fingerprint density at radius 2 is 2.06 bits per heavy atom. The average molecular weight is 238 g/mol. The van der Waals surface area contributed by atoms with E-state index in [0.29, 0.717) is 18.6 Å². The lowest BCUT2D eigenvalue weighted by Gasteiger charge is -2.06. The second kappa shape index (κ2) is 3.44. The van der Waals surface area contributed by atoms with E-state index in [2.05, 4.69) is 5.16 Å². The molecule has 3 rings (SSSR count). The van der Waals surface area contributed by atoms with Gasteiger partial charge in [0.15, 0.2) is 11.6 Å². The molecule has 0 saturated carbocycles. The van der Waals surface area contributed by atoms with E-state index in [9.17, 15) is 8.78 Å². The number of anilines is 1. The molecule has 0 aliphatic carbocycles. The van der Waals surface area contributed by atoms with E-state index < -0.39 is 11.6 Å². The predicted octanol–water partition coefficient (Wildman–Crippen LogP) is 2.14. The molecule has 2 N–H and O–H groups in total. The van der Waals surface area contributed by atoms with Gasteiger partial charge in [0.05, 0.1) is 6.61 Å². The predicted molar refractivity (Wildman–Crippen MR) is 55.5 cm³/mol. The number of nitrogen functional groups attached to an aromatic ring is 1. The molecule has 2 aromatic rings. The number of fused-ring (bicyclic) bond motifs is 1. The fraction of sp³-hybridized carbons (Fsp3) is 0.182. The first-order valence-electron chi connectivity index (χ1n) is 5.03. The van der Waals surface area contributed by atoms with Gasteiger partial charge in [-0.25, -0.2) is 8.78 Å². The lowest BCUT2D eigenvalue weighted by molar-refractivity contribution is 0.338. The summed E-state index contributed by atoms with van der Waals surface area (Å²) in [6.45, 7) is 0.329. The van der Waals surface area contributed by atoms with Gasteiger partial charge in [0, 0.05) is 29.7 Å². The van der Waals surface area contributed by atoms with Crippen molar-refractivity contribution in [2.75, 3.05) is 12.3 Å². The number of rotatable bonds is 1. The van der Waals surface area contributed by atoms with E-state index >= 15 is 0 Å². The molecule has 6 heteroatoms. The first-order valence-corrected chi connectivity index (χ1v) is 5.03. The van der Waals surface area contributed by atoms with Gasteiger partial charge in [-0.3, -0.25) is 0 Å². The van der Waals surface area contributed by atoms with Crippen LogP contribution in [0.1, 0.15) is 5.56 Å². The van der Waals surface area contributed by atoms with Crippen LogP contribution in [-0.2, 0) is 6.42 Å². The quantitative estimate of drug-likeness (QED) is 0.826. The molecule has 88 valence electrons. The van der Waals surface area contributed by atoms with E-state index in [1.54, 1.807) is 0 Å². The Kier molecular flexibility index (Phi) is 2.04. The number of hydrogen-bond acceptors (Lipinski definition) is 4. The van der Waals surface area contributed by atoms with Gasteiger partial charge in [-0.2, -0.15) is 0 Å². The summed E-state index contributed by atoms with van der Waals surface area (Å²) < 4.78 is 37.0. The van der Waals surface area contributed by atoms with E-state index in [1.165, 1.54) is 6.07 Å². The van der Waals surface area contributed by atoms with Crippen LogP contribution in [-0.4, -0.2) is 11.8 Å². The maximum absolute atomic E-state index is 13.8. The zero-order valence-electron chi connectivity index (χ0n) is 8.67. The number of nitrogens with zero attached hydrogens (tertiary/aromatic N) is 1. The monoisotopic (exact) mass is 238 g/mol. The van der Waals surface area contributed by atoms with Crippen LogP contribution < -0.4 is 10.5 Å². The van der Waals surface area contributed by atoms with Gasteiger partial charge in [0.1, 0.15) is 11.5 Å². The summed E-state index contributed by atoms with van der Waals surface area (Å²) >= 11 is 0. The van der Waals surface area contributed by atoms with Crippen molar-refractivity contribution in [1.82, 2.24) is 5.16 Å². The van der Waals surface area contributed by atoms with Crippen molar-refractivity contribution in [2.24, 2.45) is 0 Å². The highest BCUT2D eigenvalue weighted by Crippen LogP contribution is 2.38. The Hall–Kier alpha value is -2.11. The number of hydrogen-bond donors (Lipinski definition) is 1. The highest BCUT2D eigenvalue weighted by Gasteiger charge is 2.26. The van der Waals surface area contributed by atoms with Gasteiger partial charge in [0.2, 0.25) is 5.88 Å². The van der Waals surface area contributed by atoms with Crippen molar-refractivity contribution in [2.45, 2.75) is 6.42 Å². The van der Waals surface area contributed by atoms with E-state index in [1.807, 2.05) is 0 Å². The molecule has 0 fully saturated rings. The van der Waals surface area contributed by atoms with E-state index in [0.717, 1.165) is 6.07 Å². The summed E-state index contributed by atoms with van der Waals surface area (Å²) in [6, 6.07) is 2.18. The highest BCUT2D eigenvalue weighted by molar-refractivity contribution is 5.70. The SMILES string of the molecule is Nc1cc(-c2c(F)cc(F)c3c2CCO3)no1. The Morgan fingerprint density at radius 1 is 1.24 bits per heavy atom. The number of ether oxygens (including phenoxy) is 1. The van der Waals surface area contributed by atoms with Gasteiger partial charge in [0.25, 0.3) is 0 Å². The molecule has 17 heavy (non-hydrogen) atoms. The first kappa shape index (κ1) is 10.1. The lowest BCUT2D eigenvalue weighted by atomic mass is 10.0. The molecule has 1 aliphatic rings. The third kappa shape index (κ3) is 1.44. The first-order chi connectivity index (χ1) is 8.16. The van der Waals surface area contributed by atoms with Crippen molar-refractivity contribution in [3.8, 4) is 17.0 Å². The average Bonchev–Trinajstić information content (AvgIpc) is 2.87. The van der Waals surface area contributed by atoms with Crippen LogP contribution in [0.25, 0.3) is 11.3 Å².